The molecule has 0 spiro atoms. The van der Waals surface area contributed by atoms with Crippen molar-refractivity contribution in [1.29, 1.82) is 0 Å². The summed E-state index contributed by atoms with van der Waals surface area (Å²) in [6.45, 7) is 8.90. The van der Waals surface area contributed by atoms with Crippen molar-refractivity contribution in [2.45, 2.75) is 217 Å². The maximum absolute atomic E-state index is 11.7. The molecule has 0 fully saturated rings. The van der Waals surface area contributed by atoms with Crippen molar-refractivity contribution in [1.82, 2.24) is 0 Å². The van der Waals surface area contributed by atoms with Gasteiger partial charge in [0.05, 0.1) is 9.79 Å². The number of rotatable bonds is 30. The van der Waals surface area contributed by atoms with E-state index < -0.39 is 20.2 Å². The maximum Gasteiger partial charge on any atom is 2.00 e. The Kier molecular flexibility index (Phi) is 28.6. The van der Waals surface area contributed by atoms with Gasteiger partial charge in [-0.1, -0.05) is 193 Å². The van der Waals surface area contributed by atoms with Crippen LogP contribution in [-0.2, 0) is 45.9 Å². The van der Waals surface area contributed by atoms with Crippen molar-refractivity contribution in [2.24, 2.45) is 0 Å². The molecule has 0 aromatic heterocycles. The average Bonchev–Trinajstić information content (AvgIpc) is 3.22. The Labute approximate surface area is 402 Å². The van der Waals surface area contributed by atoms with Crippen LogP contribution in [0.2, 0.25) is 0 Å². The van der Waals surface area contributed by atoms with E-state index in [0.29, 0.717) is 0 Å². The second-order valence-corrected chi connectivity index (χ2v) is 19.9. The molecule has 0 aliphatic rings. The third kappa shape index (κ3) is 20.9. The van der Waals surface area contributed by atoms with Gasteiger partial charge in [-0.3, -0.25) is 0 Å². The van der Waals surface area contributed by atoms with E-state index in [-0.39, 0.29) is 47.5 Å². The Morgan fingerprint density at radius 1 is 0.361 bits per heavy atom. The number of aryl methyl sites for hydroxylation is 4. The van der Waals surface area contributed by atoms with Crippen molar-refractivity contribution in [3.05, 3.63) is 82.9 Å². The molecule has 4 aromatic rings. The van der Waals surface area contributed by atoms with Crippen molar-refractivity contribution in [3.63, 3.8) is 0 Å². The minimum absolute atomic E-state index is 0. The molecule has 0 N–H and O–H groups in total. The summed E-state index contributed by atoms with van der Waals surface area (Å²) in [6.07, 6.45) is 33.1. The van der Waals surface area contributed by atoms with Crippen molar-refractivity contribution < 1.29 is 25.9 Å². The molecule has 0 unspecified atom stereocenters. The van der Waals surface area contributed by atoms with E-state index in [1.54, 1.807) is 24.3 Å². The zero-order valence-corrected chi connectivity index (χ0v) is 42.4. The summed E-state index contributed by atoms with van der Waals surface area (Å²) in [4.78, 5) is -0.180. The third-order valence-electron chi connectivity index (χ3n) is 12.0. The van der Waals surface area contributed by atoms with Crippen LogP contribution in [0.1, 0.15) is 204 Å². The Bertz CT molecular complexity index is 1900. The van der Waals surface area contributed by atoms with E-state index in [9.17, 15) is 25.9 Å². The van der Waals surface area contributed by atoms with Crippen molar-refractivity contribution in [2.75, 3.05) is 0 Å². The van der Waals surface area contributed by atoms with Crippen LogP contribution >= 0.6 is 0 Å². The summed E-state index contributed by atoms with van der Waals surface area (Å²) in [7, 11) is -8.90. The van der Waals surface area contributed by atoms with Gasteiger partial charge in [-0.15, -0.1) is 0 Å². The first-order chi connectivity index (χ1) is 28.9. The second-order valence-electron chi connectivity index (χ2n) is 17.2. The van der Waals surface area contributed by atoms with Crippen LogP contribution in [0.25, 0.3) is 21.5 Å². The van der Waals surface area contributed by atoms with Crippen LogP contribution in [0.3, 0.4) is 0 Å². The molecule has 336 valence electrons. The smallest absolute Gasteiger partial charge is 0.744 e. The van der Waals surface area contributed by atoms with E-state index >= 15 is 0 Å². The van der Waals surface area contributed by atoms with E-state index in [2.05, 4.69) is 39.8 Å². The van der Waals surface area contributed by atoms with Gasteiger partial charge >= 0.3 is 37.7 Å². The molecule has 0 aliphatic heterocycles. The predicted octanol–water partition coefficient (Wildman–Crippen LogP) is 14.7. The molecule has 6 nitrogen and oxygen atoms in total. The van der Waals surface area contributed by atoms with Crippen molar-refractivity contribution >= 4 is 79.5 Å². The third-order valence-corrected chi connectivity index (χ3v) is 13.6. The van der Waals surface area contributed by atoms with Gasteiger partial charge in [-0.05, 0) is 119 Å². The summed E-state index contributed by atoms with van der Waals surface area (Å²) in [6, 6.07) is 18.6. The van der Waals surface area contributed by atoms with Crippen LogP contribution in [-0.4, -0.2) is 63.7 Å². The van der Waals surface area contributed by atoms with Gasteiger partial charge in [0.2, 0.25) is 0 Å². The van der Waals surface area contributed by atoms with E-state index in [4.69, 9.17) is 0 Å². The van der Waals surface area contributed by atoms with Crippen LogP contribution in [0.5, 0.6) is 0 Å². The van der Waals surface area contributed by atoms with Crippen LogP contribution < -0.4 is 0 Å². The zero-order chi connectivity index (χ0) is 43.6. The van der Waals surface area contributed by atoms with Crippen LogP contribution in [0, 0.1) is 0 Å². The van der Waals surface area contributed by atoms with Gasteiger partial charge in [-0.2, -0.15) is 0 Å². The SMILES string of the molecule is CCCCCCCCc1cccc2cc(S(=O)(=O)[O-])cc(CCCCCCCC)c12.CCCCCCCCc1cccc2cc(S(=O)(=O)[O-])cc(CCCCCCCC)c12.[Ca+2]. The number of hydrogen-bond donors (Lipinski definition) is 0. The minimum Gasteiger partial charge on any atom is -0.744 e. The van der Waals surface area contributed by atoms with Gasteiger partial charge in [-0.25, -0.2) is 16.8 Å². The first kappa shape index (κ1) is 55.6. The molecular formula is C52H78CaO6S2. The topological polar surface area (TPSA) is 114 Å². The first-order valence-corrected chi connectivity index (χ1v) is 26.8. The fourth-order valence-electron chi connectivity index (χ4n) is 8.62. The maximum atomic E-state index is 11.7. The summed E-state index contributed by atoms with van der Waals surface area (Å²) in [5.41, 5.74) is 4.63. The van der Waals surface area contributed by atoms with Gasteiger partial charge in [0.25, 0.3) is 0 Å². The van der Waals surface area contributed by atoms with Gasteiger partial charge in [0.1, 0.15) is 20.2 Å². The minimum atomic E-state index is -4.45. The number of unbranched alkanes of at least 4 members (excludes halogenated alkanes) is 20. The monoisotopic (exact) mass is 902 g/mol. The summed E-state index contributed by atoms with van der Waals surface area (Å²) in [5.74, 6) is 0. The van der Waals surface area contributed by atoms with E-state index in [1.807, 2.05) is 24.3 Å². The normalized spacial score (nSPS) is 11.8. The molecule has 61 heavy (non-hydrogen) atoms. The molecule has 4 aromatic carbocycles. The molecular weight excluding hydrogens is 825 g/mol. The molecule has 0 radical (unpaired) electrons. The zero-order valence-electron chi connectivity index (χ0n) is 38.5. The summed E-state index contributed by atoms with van der Waals surface area (Å²) >= 11 is 0. The molecule has 0 aliphatic carbocycles. The number of benzene rings is 4. The molecule has 0 atom stereocenters. The standard InChI is InChI=1S/2C26H40O3S.Ca/c2*1-3-5-7-9-11-13-16-22-18-15-19-24-21-25(30(27,28)29)20-23(26(22)24)17-14-12-10-8-6-4-2;/h2*15,18-21H,3-14,16-17H2,1-2H3,(H,27,28,29);/q;;+2/p-2. The van der Waals surface area contributed by atoms with Gasteiger partial charge < -0.3 is 9.11 Å². The molecule has 0 amide bonds. The summed E-state index contributed by atoms with van der Waals surface area (Å²) < 4.78 is 70.2. The van der Waals surface area contributed by atoms with E-state index in [1.165, 1.54) is 137 Å². The molecule has 0 bridgehead atoms. The molecule has 0 saturated heterocycles. The molecule has 0 saturated carbocycles. The molecule has 4 rings (SSSR count). The largest absolute Gasteiger partial charge is 2.00 e. The van der Waals surface area contributed by atoms with E-state index in [0.717, 1.165) is 86.1 Å². The fourth-order valence-corrected chi connectivity index (χ4v) is 9.74. The van der Waals surface area contributed by atoms with Crippen LogP contribution in [0.4, 0.5) is 0 Å². The molecule has 9 heteroatoms. The fraction of sp³-hybridized carbons (Fsp3) is 0.615. The number of hydrogen-bond acceptors (Lipinski definition) is 6. The quantitative estimate of drug-likeness (QED) is 0.0292. The average molecular weight is 903 g/mol. The van der Waals surface area contributed by atoms with Crippen molar-refractivity contribution in [3.8, 4) is 0 Å². The Balaban J connectivity index is 0.000000413. The molecule has 0 heterocycles. The van der Waals surface area contributed by atoms with Gasteiger partial charge in [0.15, 0.2) is 0 Å². The van der Waals surface area contributed by atoms with Crippen LogP contribution in [0.15, 0.2) is 70.5 Å². The Morgan fingerprint density at radius 2 is 0.623 bits per heavy atom. The number of fused-ring (bicyclic) bond motifs is 2. The first-order valence-electron chi connectivity index (χ1n) is 23.9. The Hall–Kier alpha value is -1.52. The Morgan fingerprint density at radius 3 is 0.902 bits per heavy atom. The predicted molar refractivity (Wildman–Crippen MR) is 258 cm³/mol. The van der Waals surface area contributed by atoms with Gasteiger partial charge in [0, 0.05) is 0 Å². The summed E-state index contributed by atoms with van der Waals surface area (Å²) in [5, 5.41) is 4.12. The second kappa shape index (κ2) is 31.4.